The SMILES string of the molecule is CCC(C)(CCO)Nc1ncc([N+](=O)[O-])cn1. The molecule has 1 heterocycles. The lowest BCUT2D eigenvalue weighted by Crippen LogP contribution is -2.35. The Labute approximate surface area is 99.1 Å². The number of hydrogen-bond acceptors (Lipinski definition) is 6. The van der Waals surface area contributed by atoms with Crippen molar-refractivity contribution in [2.75, 3.05) is 11.9 Å². The molecule has 94 valence electrons. The van der Waals surface area contributed by atoms with E-state index in [0.29, 0.717) is 12.4 Å². The van der Waals surface area contributed by atoms with Gasteiger partial charge in [-0.05, 0) is 19.8 Å². The maximum Gasteiger partial charge on any atom is 0.305 e. The largest absolute Gasteiger partial charge is 0.396 e. The minimum Gasteiger partial charge on any atom is -0.396 e. The van der Waals surface area contributed by atoms with Crippen molar-refractivity contribution in [1.82, 2.24) is 9.97 Å². The van der Waals surface area contributed by atoms with Crippen LogP contribution in [0.1, 0.15) is 26.7 Å². The number of aliphatic hydroxyl groups is 1. The Kier molecular flexibility index (Phi) is 4.33. The number of aliphatic hydroxyl groups excluding tert-OH is 1. The van der Waals surface area contributed by atoms with Gasteiger partial charge in [-0.15, -0.1) is 0 Å². The molecule has 2 N–H and O–H groups in total. The Morgan fingerprint density at radius 2 is 2.12 bits per heavy atom. The Morgan fingerprint density at radius 3 is 2.53 bits per heavy atom. The highest BCUT2D eigenvalue weighted by atomic mass is 16.6. The van der Waals surface area contributed by atoms with Gasteiger partial charge in [-0.1, -0.05) is 6.92 Å². The van der Waals surface area contributed by atoms with Crippen molar-refractivity contribution in [2.45, 2.75) is 32.2 Å². The summed E-state index contributed by atoms with van der Waals surface area (Å²) in [7, 11) is 0. The molecular weight excluding hydrogens is 224 g/mol. The molecule has 0 aliphatic heterocycles. The predicted molar refractivity (Wildman–Crippen MR) is 62.7 cm³/mol. The quantitative estimate of drug-likeness (QED) is 0.575. The molecule has 1 rings (SSSR count). The zero-order valence-electron chi connectivity index (χ0n) is 9.88. The maximum absolute atomic E-state index is 10.4. The summed E-state index contributed by atoms with van der Waals surface area (Å²) in [5, 5.41) is 22.5. The van der Waals surface area contributed by atoms with E-state index >= 15 is 0 Å². The second-order valence-corrected chi connectivity index (χ2v) is 4.03. The van der Waals surface area contributed by atoms with E-state index in [-0.39, 0.29) is 17.8 Å². The zero-order valence-corrected chi connectivity index (χ0v) is 9.88. The third-order valence-corrected chi connectivity index (χ3v) is 2.71. The van der Waals surface area contributed by atoms with E-state index in [0.717, 1.165) is 18.8 Å². The third kappa shape index (κ3) is 3.63. The molecule has 0 spiro atoms. The average Bonchev–Trinajstić information content (AvgIpc) is 2.30. The van der Waals surface area contributed by atoms with Crippen LogP contribution < -0.4 is 5.32 Å². The molecule has 0 aliphatic carbocycles. The van der Waals surface area contributed by atoms with Crippen LogP contribution in [0.4, 0.5) is 11.6 Å². The highest BCUT2D eigenvalue weighted by Crippen LogP contribution is 2.19. The van der Waals surface area contributed by atoms with Crippen LogP contribution in [-0.2, 0) is 0 Å². The van der Waals surface area contributed by atoms with Gasteiger partial charge >= 0.3 is 5.69 Å². The Balaban J connectivity index is 2.77. The fourth-order valence-electron chi connectivity index (χ4n) is 1.32. The summed E-state index contributed by atoms with van der Waals surface area (Å²) >= 11 is 0. The minimum absolute atomic E-state index is 0.0598. The lowest BCUT2D eigenvalue weighted by atomic mass is 9.95. The Bertz CT molecular complexity index is 382. The number of nitrogens with one attached hydrogen (secondary N) is 1. The van der Waals surface area contributed by atoms with Gasteiger partial charge in [0, 0.05) is 12.1 Å². The van der Waals surface area contributed by atoms with Crippen molar-refractivity contribution in [1.29, 1.82) is 0 Å². The van der Waals surface area contributed by atoms with Crippen LogP contribution >= 0.6 is 0 Å². The summed E-state index contributed by atoms with van der Waals surface area (Å²) in [4.78, 5) is 17.6. The van der Waals surface area contributed by atoms with Crippen molar-refractivity contribution < 1.29 is 10.0 Å². The van der Waals surface area contributed by atoms with Crippen molar-refractivity contribution >= 4 is 11.6 Å². The molecule has 1 unspecified atom stereocenters. The van der Waals surface area contributed by atoms with Gasteiger partial charge in [0.05, 0.1) is 4.92 Å². The molecule has 0 bridgehead atoms. The molecule has 1 aromatic heterocycles. The Morgan fingerprint density at radius 1 is 1.53 bits per heavy atom. The molecule has 1 aromatic rings. The highest BCUT2D eigenvalue weighted by Gasteiger charge is 2.22. The number of rotatable bonds is 6. The molecule has 0 radical (unpaired) electrons. The molecule has 7 nitrogen and oxygen atoms in total. The standard InChI is InChI=1S/C10H16N4O3/c1-3-10(2,4-5-15)13-9-11-6-8(7-12-9)14(16)17/h6-7,15H,3-5H2,1-2H3,(H,11,12,13). The summed E-state index contributed by atoms with van der Waals surface area (Å²) in [5.74, 6) is 0.327. The summed E-state index contributed by atoms with van der Waals surface area (Å²) < 4.78 is 0. The molecule has 0 aliphatic rings. The van der Waals surface area contributed by atoms with E-state index in [1.165, 1.54) is 0 Å². The van der Waals surface area contributed by atoms with Crippen LogP contribution in [0, 0.1) is 10.1 Å². The summed E-state index contributed by atoms with van der Waals surface area (Å²) in [6.45, 7) is 3.98. The van der Waals surface area contributed by atoms with E-state index in [4.69, 9.17) is 5.11 Å². The summed E-state index contributed by atoms with van der Waals surface area (Å²) in [6.07, 6.45) is 3.66. The number of nitro groups is 1. The monoisotopic (exact) mass is 240 g/mol. The maximum atomic E-state index is 10.4. The van der Waals surface area contributed by atoms with Crippen LogP contribution in [0.2, 0.25) is 0 Å². The van der Waals surface area contributed by atoms with E-state index in [1.54, 1.807) is 0 Å². The molecule has 17 heavy (non-hydrogen) atoms. The van der Waals surface area contributed by atoms with Crippen LogP contribution in [0.3, 0.4) is 0 Å². The van der Waals surface area contributed by atoms with E-state index in [9.17, 15) is 10.1 Å². The van der Waals surface area contributed by atoms with Gasteiger partial charge < -0.3 is 10.4 Å². The normalized spacial score (nSPS) is 14.1. The van der Waals surface area contributed by atoms with Gasteiger partial charge in [-0.3, -0.25) is 10.1 Å². The highest BCUT2D eigenvalue weighted by molar-refractivity contribution is 5.33. The number of anilines is 1. The second-order valence-electron chi connectivity index (χ2n) is 4.03. The van der Waals surface area contributed by atoms with Crippen LogP contribution in [0.15, 0.2) is 12.4 Å². The van der Waals surface area contributed by atoms with E-state index in [2.05, 4.69) is 15.3 Å². The van der Waals surface area contributed by atoms with Gasteiger partial charge in [0.1, 0.15) is 12.4 Å². The minimum atomic E-state index is -0.545. The molecule has 0 amide bonds. The molecule has 0 saturated heterocycles. The number of aromatic nitrogens is 2. The average molecular weight is 240 g/mol. The molecule has 0 fully saturated rings. The van der Waals surface area contributed by atoms with Crippen molar-refractivity contribution in [3.63, 3.8) is 0 Å². The van der Waals surface area contributed by atoms with Gasteiger partial charge in [0.25, 0.3) is 0 Å². The lowest BCUT2D eigenvalue weighted by Gasteiger charge is -2.28. The first kappa shape index (κ1) is 13.3. The van der Waals surface area contributed by atoms with Crippen molar-refractivity contribution in [2.24, 2.45) is 0 Å². The zero-order chi connectivity index (χ0) is 12.9. The van der Waals surface area contributed by atoms with Crippen LogP contribution in [-0.4, -0.2) is 32.1 Å². The molecule has 1 atom stereocenters. The van der Waals surface area contributed by atoms with Crippen LogP contribution in [0.5, 0.6) is 0 Å². The molecule has 7 heteroatoms. The lowest BCUT2D eigenvalue weighted by molar-refractivity contribution is -0.385. The molecular formula is C10H16N4O3. The topological polar surface area (TPSA) is 101 Å². The first-order chi connectivity index (χ1) is 8.00. The third-order valence-electron chi connectivity index (χ3n) is 2.71. The van der Waals surface area contributed by atoms with Crippen molar-refractivity contribution in [3.8, 4) is 0 Å². The van der Waals surface area contributed by atoms with Crippen LogP contribution in [0.25, 0.3) is 0 Å². The fraction of sp³-hybridized carbons (Fsp3) is 0.600. The van der Waals surface area contributed by atoms with Gasteiger partial charge in [-0.2, -0.15) is 0 Å². The van der Waals surface area contributed by atoms with E-state index < -0.39 is 4.92 Å². The first-order valence-electron chi connectivity index (χ1n) is 5.36. The van der Waals surface area contributed by atoms with Crippen molar-refractivity contribution in [3.05, 3.63) is 22.5 Å². The van der Waals surface area contributed by atoms with E-state index in [1.807, 2.05) is 13.8 Å². The summed E-state index contributed by atoms with van der Waals surface area (Å²) in [6, 6.07) is 0. The first-order valence-corrected chi connectivity index (χ1v) is 5.36. The second kappa shape index (κ2) is 5.53. The Hall–Kier alpha value is -1.76. The summed E-state index contributed by atoms with van der Waals surface area (Å²) in [5.41, 5.74) is -0.457. The molecule has 0 saturated carbocycles. The number of nitrogens with zero attached hydrogens (tertiary/aromatic N) is 3. The predicted octanol–water partition coefficient (Wildman–Crippen LogP) is 1.35. The van der Waals surface area contributed by atoms with Gasteiger partial charge in [0.2, 0.25) is 5.95 Å². The smallest absolute Gasteiger partial charge is 0.305 e. The number of hydrogen-bond donors (Lipinski definition) is 2. The fourth-order valence-corrected chi connectivity index (χ4v) is 1.32. The van der Waals surface area contributed by atoms with Gasteiger partial charge in [0.15, 0.2) is 0 Å². The van der Waals surface area contributed by atoms with Gasteiger partial charge in [-0.25, -0.2) is 9.97 Å². The molecule has 0 aromatic carbocycles.